The molecule has 1 heterocycles. The molecule has 0 spiro atoms. The van der Waals surface area contributed by atoms with Gasteiger partial charge in [0.1, 0.15) is 0 Å². The summed E-state index contributed by atoms with van der Waals surface area (Å²) in [4.78, 5) is 4.95. The first-order valence-corrected chi connectivity index (χ1v) is 8.30. The number of hydrogen-bond donors (Lipinski definition) is 2. The molecular formula is C16H33N3O. The van der Waals surface area contributed by atoms with Crippen molar-refractivity contribution in [2.45, 2.75) is 63.1 Å². The summed E-state index contributed by atoms with van der Waals surface area (Å²) in [6, 6.07) is 1.44. The summed E-state index contributed by atoms with van der Waals surface area (Å²) in [5.74, 6) is 0. The van der Waals surface area contributed by atoms with Crippen molar-refractivity contribution in [1.82, 2.24) is 15.1 Å². The number of likely N-dealkylation sites (tertiary alicyclic amines) is 1. The summed E-state index contributed by atoms with van der Waals surface area (Å²) in [5, 5.41) is 13.2. The Kier molecular flexibility index (Phi) is 5.84. The predicted molar refractivity (Wildman–Crippen MR) is 84.0 cm³/mol. The fraction of sp³-hybridized carbons (Fsp3) is 1.00. The van der Waals surface area contributed by atoms with Crippen LogP contribution in [0, 0.1) is 0 Å². The van der Waals surface area contributed by atoms with Gasteiger partial charge in [-0.2, -0.15) is 0 Å². The maximum atomic E-state index is 9.61. The van der Waals surface area contributed by atoms with Gasteiger partial charge in [0.25, 0.3) is 0 Å². The number of hydrogen-bond acceptors (Lipinski definition) is 4. The first kappa shape index (κ1) is 16.2. The van der Waals surface area contributed by atoms with Gasteiger partial charge in [0.15, 0.2) is 0 Å². The molecule has 118 valence electrons. The molecule has 4 heteroatoms. The average Bonchev–Trinajstić information content (AvgIpc) is 3.23. The Hall–Kier alpha value is -0.160. The molecule has 1 aliphatic heterocycles. The van der Waals surface area contributed by atoms with Gasteiger partial charge in [0, 0.05) is 17.6 Å². The summed E-state index contributed by atoms with van der Waals surface area (Å²) >= 11 is 0. The molecule has 4 nitrogen and oxygen atoms in total. The second-order valence-electron chi connectivity index (χ2n) is 7.28. The fourth-order valence-corrected chi connectivity index (χ4v) is 3.27. The van der Waals surface area contributed by atoms with E-state index >= 15 is 0 Å². The van der Waals surface area contributed by atoms with Gasteiger partial charge < -0.3 is 20.2 Å². The Bertz CT molecular complexity index is 285. The first-order chi connectivity index (χ1) is 9.52. The molecule has 0 radical (unpaired) electrons. The Morgan fingerprint density at radius 3 is 2.35 bits per heavy atom. The lowest BCUT2D eigenvalue weighted by molar-refractivity contribution is 0.129. The van der Waals surface area contributed by atoms with Gasteiger partial charge in [0.05, 0.1) is 6.61 Å². The Labute approximate surface area is 124 Å². The minimum atomic E-state index is -0.0663. The number of rotatable bonds is 8. The highest BCUT2D eigenvalue weighted by Crippen LogP contribution is 2.25. The molecule has 0 bridgehead atoms. The SMILES string of the molecule is CN(C)C1CCN(CCCC(C)(CO)NC2CC2)CC1. The lowest BCUT2D eigenvalue weighted by Gasteiger charge is -2.36. The van der Waals surface area contributed by atoms with Gasteiger partial charge in [-0.05, 0) is 79.2 Å². The molecule has 20 heavy (non-hydrogen) atoms. The highest BCUT2D eigenvalue weighted by atomic mass is 16.3. The van der Waals surface area contributed by atoms with Gasteiger partial charge >= 0.3 is 0 Å². The zero-order valence-corrected chi connectivity index (χ0v) is 13.6. The molecule has 0 aromatic carbocycles. The lowest BCUT2D eigenvalue weighted by Crippen LogP contribution is -2.48. The van der Waals surface area contributed by atoms with Crippen molar-refractivity contribution in [2.75, 3.05) is 40.3 Å². The van der Waals surface area contributed by atoms with Crippen molar-refractivity contribution in [2.24, 2.45) is 0 Å². The van der Waals surface area contributed by atoms with Crippen molar-refractivity contribution < 1.29 is 5.11 Å². The molecule has 1 saturated heterocycles. The van der Waals surface area contributed by atoms with E-state index in [9.17, 15) is 5.11 Å². The molecule has 2 aliphatic rings. The van der Waals surface area contributed by atoms with Gasteiger partial charge in [-0.1, -0.05) is 0 Å². The van der Waals surface area contributed by atoms with E-state index in [4.69, 9.17) is 0 Å². The molecular weight excluding hydrogens is 250 g/mol. The van der Waals surface area contributed by atoms with E-state index in [0.717, 1.165) is 12.5 Å². The average molecular weight is 283 g/mol. The Balaban J connectivity index is 1.63. The van der Waals surface area contributed by atoms with E-state index in [1.54, 1.807) is 0 Å². The number of aliphatic hydroxyl groups excluding tert-OH is 1. The summed E-state index contributed by atoms with van der Waals surface area (Å²) in [6.45, 7) is 6.07. The maximum Gasteiger partial charge on any atom is 0.0610 e. The van der Waals surface area contributed by atoms with Crippen LogP contribution in [0.3, 0.4) is 0 Å². The summed E-state index contributed by atoms with van der Waals surface area (Å²) in [7, 11) is 4.38. The third-order valence-corrected chi connectivity index (χ3v) is 4.97. The van der Waals surface area contributed by atoms with Crippen LogP contribution in [0.5, 0.6) is 0 Å². The minimum absolute atomic E-state index is 0.0663. The summed E-state index contributed by atoms with van der Waals surface area (Å²) in [5.41, 5.74) is -0.0663. The van der Waals surface area contributed by atoms with Crippen LogP contribution in [0.1, 0.15) is 45.4 Å². The third kappa shape index (κ3) is 4.99. The molecule has 0 aromatic rings. The second kappa shape index (κ2) is 7.21. The second-order valence-corrected chi connectivity index (χ2v) is 7.28. The largest absolute Gasteiger partial charge is 0.394 e. The molecule has 1 unspecified atom stereocenters. The maximum absolute atomic E-state index is 9.61. The van der Waals surface area contributed by atoms with Crippen LogP contribution in [-0.4, -0.2) is 72.9 Å². The highest BCUT2D eigenvalue weighted by molar-refractivity contribution is 4.92. The van der Waals surface area contributed by atoms with E-state index < -0.39 is 0 Å². The van der Waals surface area contributed by atoms with Crippen LogP contribution in [0.25, 0.3) is 0 Å². The van der Waals surface area contributed by atoms with Crippen LogP contribution in [0.15, 0.2) is 0 Å². The molecule has 1 atom stereocenters. The highest BCUT2D eigenvalue weighted by Gasteiger charge is 2.31. The summed E-state index contributed by atoms with van der Waals surface area (Å²) in [6.07, 6.45) is 7.42. The van der Waals surface area contributed by atoms with Gasteiger partial charge in [-0.25, -0.2) is 0 Å². The van der Waals surface area contributed by atoms with Gasteiger partial charge in [0.2, 0.25) is 0 Å². The van der Waals surface area contributed by atoms with Crippen LogP contribution >= 0.6 is 0 Å². The van der Waals surface area contributed by atoms with Crippen molar-refractivity contribution in [3.05, 3.63) is 0 Å². The molecule has 1 aliphatic carbocycles. The van der Waals surface area contributed by atoms with Crippen molar-refractivity contribution in [3.8, 4) is 0 Å². The smallest absolute Gasteiger partial charge is 0.0610 e. The van der Waals surface area contributed by atoms with Crippen LogP contribution < -0.4 is 5.32 Å². The third-order valence-electron chi connectivity index (χ3n) is 4.97. The van der Waals surface area contributed by atoms with E-state index in [1.807, 2.05) is 0 Å². The molecule has 1 saturated carbocycles. The first-order valence-electron chi connectivity index (χ1n) is 8.30. The zero-order valence-electron chi connectivity index (χ0n) is 13.6. The number of aliphatic hydroxyl groups is 1. The fourth-order valence-electron chi connectivity index (χ4n) is 3.27. The van der Waals surface area contributed by atoms with E-state index in [0.29, 0.717) is 6.04 Å². The molecule has 2 rings (SSSR count). The molecule has 0 amide bonds. The minimum Gasteiger partial charge on any atom is -0.394 e. The van der Waals surface area contributed by atoms with Gasteiger partial charge in [-0.15, -0.1) is 0 Å². The number of piperidine rings is 1. The van der Waals surface area contributed by atoms with Crippen LogP contribution in [0.2, 0.25) is 0 Å². The van der Waals surface area contributed by atoms with Crippen molar-refractivity contribution >= 4 is 0 Å². The van der Waals surface area contributed by atoms with E-state index in [-0.39, 0.29) is 12.1 Å². The van der Waals surface area contributed by atoms with Crippen LogP contribution in [-0.2, 0) is 0 Å². The standard InChI is InChI=1S/C16H33N3O/c1-16(13-20,17-14-5-6-14)9-4-10-19-11-7-15(8-12-19)18(2)3/h14-15,17,20H,4-13H2,1-3H3. The van der Waals surface area contributed by atoms with Gasteiger partial charge in [-0.3, -0.25) is 0 Å². The normalized spacial score (nSPS) is 25.1. The Morgan fingerprint density at radius 1 is 1.20 bits per heavy atom. The summed E-state index contributed by atoms with van der Waals surface area (Å²) < 4.78 is 0. The number of nitrogens with one attached hydrogen (secondary N) is 1. The quantitative estimate of drug-likeness (QED) is 0.704. The zero-order chi connectivity index (χ0) is 14.6. The van der Waals surface area contributed by atoms with Crippen LogP contribution in [0.4, 0.5) is 0 Å². The van der Waals surface area contributed by atoms with Crippen molar-refractivity contribution in [3.63, 3.8) is 0 Å². The number of nitrogens with zero attached hydrogens (tertiary/aromatic N) is 2. The van der Waals surface area contributed by atoms with E-state index in [1.165, 1.54) is 51.7 Å². The molecule has 2 N–H and O–H groups in total. The monoisotopic (exact) mass is 283 g/mol. The predicted octanol–water partition coefficient (Wildman–Crippen LogP) is 1.30. The van der Waals surface area contributed by atoms with E-state index in [2.05, 4.69) is 36.1 Å². The molecule has 2 fully saturated rings. The lowest BCUT2D eigenvalue weighted by atomic mass is 9.96. The Morgan fingerprint density at radius 2 is 1.85 bits per heavy atom. The van der Waals surface area contributed by atoms with Crippen molar-refractivity contribution in [1.29, 1.82) is 0 Å². The molecule has 0 aromatic heterocycles. The topological polar surface area (TPSA) is 38.7 Å².